The molecule has 0 aromatic heterocycles. The first-order valence-electron chi connectivity index (χ1n) is 7.93. The summed E-state index contributed by atoms with van der Waals surface area (Å²) in [5, 5.41) is 17.0. The summed E-state index contributed by atoms with van der Waals surface area (Å²) in [6, 6.07) is 17.5. The summed E-state index contributed by atoms with van der Waals surface area (Å²) < 4.78 is 0. The second-order valence-electron chi connectivity index (χ2n) is 5.44. The fraction of sp³-hybridized carbons (Fsp3) is 0.263. The van der Waals surface area contributed by atoms with Crippen molar-refractivity contribution >= 4 is 46.4 Å². The first kappa shape index (κ1) is 19.6. The van der Waals surface area contributed by atoms with Crippen LogP contribution in [0.3, 0.4) is 0 Å². The van der Waals surface area contributed by atoms with E-state index in [-0.39, 0.29) is 5.92 Å². The molecule has 2 N–H and O–H groups in total. The fourth-order valence-corrected chi connectivity index (χ4v) is 3.34. The van der Waals surface area contributed by atoms with Gasteiger partial charge in [0, 0.05) is 17.3 Å². The Morgan fingerprint density at radius 2 is 2.04 bits per heavy atom. The molecule has 0 amide bonds. The zero-order valence-electron chi connectivity index (χ0n) is 14.0. The van der Waals surface area contributed by atoms with Crippen LogP contribution in [0.1, 0.15) is 23.5 Å². The maximum atomic E-state index is 9.56. The van der Waals surface area contributed by atoms with Gasteiger partial charge in [0.15, 0.2) is 5.11 Å². The van der Waals surface area contributed by atoms with E-state index in [0.29, 0.717) is 10.1 Å². The largest absolute Gasteiger partial charge is 0.362 e. The minimum absolute atomic E-state index is 0.389. The number of nitrogens with one attached hydrogen (secondary N) is 2. The number of halogens is 1. The second-order valence-corrected chi connectivity index (χ2v) is 7.24. The van der Waals surface area contributed by atoms with Gasteiger partial charge in [0.2, 0.25) is 0 Å². The SMILES string of the molecule is CSCCCNC(=S)Nc1ccc([C@@H](C#N)c2ccccc2)c(Cl)c1. The summed E-state index contributed by atoms with van der Waals surface area (Å²) in [6.07, 6.45) is 3.15. The molecule has 25 heavy (non-hydrogen) atoms. The molecule has 0 saturated heterocycles. The van der Waals surface area contributed by atoms with Gasteiger partial charge in [-0.1, -0.05) is 48.0 Å². The number of rotatable bonds is 7. The summed E-state index contributed by atoms with van der Waals surface area (Å²) in [4.78, 5) is 0. The minimum atomic E-state index is -0.389. The lowest BCUT2D eigenvalue weighted by Crippen LogP contribution is -2.29. The molecule has 2 aromatic rings. The molecule has 6 heteroatoms. The van der Waals surface area contributed by atoms with Crippen molar-refractivity contribution in [2.75, 3.05) is 23.9 Å². The molecule has 0 aliphatic heterocycles. The molecule has 2 rings (SSSR count). The molecule has 0 fully saturated rings. The molecule has 0 spiro atoms. The number of thiocarbonyl (C=S) groups is 1. The monoisotopic (exact) mass is 389 g/mol. The fourth-order valence-electron chi connectivity index (χ4n) is 2.40. The Hall–Kier alpha value is -1.74. The van der Waals surface area contributed by atoms with Crippen LogP contribution in [0.4, 0.5) is 5.69 Å². The van der Waals surface area contributed by atoms with Gasteiger partial charge in [0.05, 0.1) is 12.0 Å². The van der Waals surface area contributed by atoms with Gasteiger partial charge in [-0.05, 0) is 53.9 Å². The molecule has 0 aliphatic carbocycles. The van der Waals surface area contributed by atoms with Crippen LogP contribution >= 0.6 is 35.6 Å². The van der Waals surface area contributed by atoms with E-state index in [1.54, 1.807) is 6.07 Å². The Bertz CT molecular complexity index is 744. The van der Waals surface area contributed by atoms with E-state index in [4.69, 9.17) is 23.8 Å². The molecule has 0 unspecified atom stereocenters. The quantitative estimate of drug-likeness (QED) is 0.513. The third kappa shape index (κ3) is 5.93. The minimum Gasteiger partial charge on any atom is -0.362 e. The van der Waals surface area contributed by atoms with Gasteiger partial charge in [0.1, 0.15) is 0 Å². The molecular formula is C19H20ClN3S2. The molecule has 0 aliphatic rings. The summed E-state index contributed by atoms with van der Waals surface area (Å²) >= 11 is 13.5. The van der Waals surface area contributed by atoms with Crippen molar-refractivity contribution < 1.29 is 0 Å². The highest BCUT2D eigenvalue weighted by atomic mass is 35.5. The summed E-state index contributed by atoms with van der Waals surface area (Å²) in [5.74, 6) is 0.713. The highest BCUT2D eigenvalue weighted by Crippen LogP contribution is 2.31. The number of hydrogen-bond acceptors (Lipinski definition) is 3. The van der Waals surface area contributed by atoms with Gasteiger partial charge < -0.3 is 10.6 Å². The van der Waals surface area contributed by atoms with Gasteiger partial charge in [-0.25, -0.2) is 0 Å². The van der Waals surface area contributed by atoms with E-state index in [0.717, 1.165) is 35.5 Å². The highest BCUT2D eigenvalue weighted by molar-refractivity contribution is 7.98. The van der Waals surface area contributed by atoms with Gasteiger partial charge in [-0.3, -0.25) is 0 Å². The van der Waals surface area contributed by atoms with E-state index in [2.05, 4.69) is 23.0 Å². The van der Waals surface area contributed by atoms with Crippen LogP contribution in [0.15, 0.2) is 48.5 Å². The molecule has 1 atom stereocenters. The maximum Gasteiger partial charge on any atom is 0.170 e. The van der Waals surface area contributed by atoms with Crippen LogP contribution in [0, 0.1) is 11.3 Å². The van der Waals surface area contributed by atoms with Crippen LogP contribution in [0.5, 0.6) is 0 Å². The summed E-state index contributed by atoms with van der Waals surface area (Å²) in [5.41, 5.74) is 2.53. The zero-order chi connectivity index (χ0) is 18.1. The third-order valence-electron chi connectivity index (χ3n) is 3.64. The molecule has 3 nitrogen and oxygen atoms in total. The summed E-state index contributed by atoms with van der Waals surface area (Å²) in [7, 11) is 0. The van der Waals surface area contributed by atoms with E-state index in [1.165, 1.54) is 0 Å². The molecule has 2 aromatic carbocycles. The predicted octanol–water partition coefficient (Wildman–Crippen LogP) is 5.03. The molecular weight excluding hydrogens is 370 g/mol. The molecule has 130 valence electrons. The Morgan fingerprint density at radius 1 is 1.28 bits per heavy atom. The highest BCUT2D eigenvalue weighted by Gasteiger charge is 2.16. The van der Waals surface area contributed by atoms with Crippen molar-refractivity contribution in [2.24, 2.45) is 0 Å². The lowest BCUT2D eigenvalue weighted by atomic mass is 9.92. The van der Waals surface area contributed by atoms with Crippen LogP contribution < -0.4 is 10.6 Å². The van der Waals surface area contributed by atoms with Crippen LogP contribution in [0.25, 0.3) is 0 Å². The van der Waals surface area contributed by atoms with Crippen molar-refractivity contribution in [2.45, 2.75) is 12.3 Å². The van der Waals surface area contributed by atoms with Gasteiger partial charge in [0.25, 0.3) is 0 Å². The molecule has 0 radical (unpaired) electrons. The average Bonchev–Trinajstić information content (AvgIpc) is 2.62. The smallest absolute Gasteiger partial charge is 0.170 e. The molecule has 0 heterocycles. The number of nitriles is 1. The molecule has 0 bridgehead atoms. The van der Waals surface area contributed by atoms with Crippen molar-refractivity contribution in [1.29, 1.82) is 5.26 Å². The van der Waals surface area contributed by atoms with Crippen molar-refractivity contribution in [3.63, 3.8) is 0 Å². The number of thioether (sulfide) groups is 1. The normalized spacial score (nSPS) is 11.4. The van der Waals surface area contributed by atoms with Gasteiger partial charge in [-0.15, -0.1) is 0 Å². The third-order valence-corrected chi connectivity index (χ3v) is 4.91. The van der Waals surface area contributed by atoms with Crippen molar-refractivity contribution in [3.8, 4) is 6.07 Å². The Labute approximate surface area is 163 Å². The standard InChI is InChI=1S/C19H20ClN3S2/c1-25-11-5-10-22-19(24)23-15-8-9-16(18(20)12-15)17(13-21)14-6-3-2-4-7-14/h2-4,6-9,12,17H,5,10-11H2,1H3,(H2,22,23,24)/t17-/m0/s1. The Balaban J connectivity index is 2.05. The average molecular weight is 390 g/mol. The van der Waals surface area contributed by atoms with Crippen molar-refractivity contribution in [1.82, 2.24) is 5.32 Å². The van der Waals surface area contributed by atoms with Crippen LogP contribution in [-0.4, -0.2) is 23.7 Å². The topological polar surface area (TPSA) is 47.8 Å². The van der Waals surface area contributed by atoms with Crippen molar-refractivity contribution in [3.05, 3.63) is 64.7 Å². The van der Waals surface area contributed by atoms with E-state index < -0.39 is 0 Å². The van der Waals surface area contributed by atoms with Gasteiger partial charge in [-0.2, -0.15) is 17.0 Å². The van der Waals surface area contributed by atoms with Crippen LogP contribution in [0.2, 0.25) is 5.02 Å². The van der Waals surface area contributed by atoms with E-state index >= 15 is 0 Å². The Kier molecular flexibility index (Phi) is 8.07. The van der Waals surface area contributed by atoms with E-state index in [9.17, 15) is 5.26 Å². The lowest BCUT2D eigenvalue weighted by Gasteiger charge is -2.15. The number of hydrogen-bond donors (Lipinski definition) is 2. The predicted molar refractivity (Wildman–Crippen MR) is 113 cm³/mol. The molecule has 0 saturated carbocycles. The Morgan fingerprint density at radius 3 is 2.68 bits per heavy atom. The van der Waals surface area contributed by atoms with Gasteiger partial charge >= 0.3 is 0 Å². The lowest BCUT2D eigenvalue weighted by molar-refractivity contribution is 0.855. The number of nitrogens with zero attached hydrogens (tertiary/aromatic N) is 1. The van der Waals surface area contributed by atoms with E-state index in [1.807, 2.05) is 54.2 Å². The first-order chi connectivity index (χ1) is 12.2. The summed E-state index contributed by atoms with van der Waals surface area (Å²) in [6.45, 7) is 0.836. The zero-order valence-corrected chi connectivity index (χ0v) is 16.3. The first-order valence-corrected chi connectivity index (χ1v) is 10.1. The van der Waals surface area contributed by atoms with Crippen LogP contribution in [-0.2, 0) is 0 Å². The number of benzene rings is 2. The second kappa shape index (κ2) is 10.3. The maximum absolute atomic E-state index is 9.56. The number of anilines is 1.